The standard InChI is InChI=1S/C16H14N2O3/c1-21-16-5-3-2-4-15(16)13(11-17)10-12-6-8-14(9-7-12)18(19)20/h2-9,13H,10H2,1H3. The van der Waals surface area contributed by atoms with Crippen LogP contribution < -0.4 is 4.74 Å². The lowest BCUT2D eigenvalue weighted by Gasteiger charge is -2.13. The summed E-state index contributed by atoms with van der Waals surface area (Å²) in [7, 11) is 1.57. The average Bonchev–Trinajstić information content (AvgIpc) is 2.53. The topological polar surface area (TPSA) is 76.2 Å². The zero-order valence-corrected chi connectivity index (χ0v) is 11.5. The molecular weight excluding hydrogens is 268 g/mol. The van der Waals surface area contributed by atoms with Crippen molar-refractivity contribution >= 4 is 5.69 Å². The van der Waals surface area contributed by atoms with Gasteiger partial charge in [-0.3, -0.25) is 10.1 Å². The summed E-state index contributed by atoms with van der Waals surface area (Å²) in [5.41, 5.74) is 1.74. The Bertz CT molecular complexity index is 675. The van der Waals surface area contributed by atoms with Gasteiger partial charge in [0.15, 0.2) is 0 Å². The van der Waals surface area contributed by atoms with Gasteiger partial charge in [-0.25, -0.2) is 0 Å². The number of nitrogens with zero attached hydrogens (tertiary/aromatic N) is 2. The molecule has 0 N–H and O–H groups in total. The fraction of sp³-hybridized carbons (Fsp3) is 0.188. The fourth-order valence-corrected chi connectivity index (χ4v) is 2.17. The first-order valence-corrected chi connectivity index (χ1v) is 6.41. The number of non-ortho nitro benzene ring substituents is 1. The van der Waals surface area contributed by atoms with Crippen LogP contribution in [0, 0.1) is 21.4 Å². The number of hydrogen-bond donors (Lipinski definition) is 0. The molecule has 0 heterocycles. The summed E-state index contributed by atoms with van der Waals surface area (Å²) in [6, 6.07) is 15.9. The van der Waals surface area contributed by atoms with E-state index in [0.29, 0.717) is 12.2 Å². The van der Waals surface area contributed by atoms with Crippen LogP contribution in [-0.4, -0.2) is 12.0 Å². The summed E-state index contributed by atoms with van der Waals surface area (Å²) in [4.78, 5) is 10.2. The van der Waals surface area contributed by atoms with Crippen LogP contribution in [0.25, 0.3) is 0 Å². The van der Waals surface area contributed by atoms with Gasteiger partial charge >= 0.3 is 0 Å². The molecule has 0 amide bonds. The molecule has 0 bridgehead atoms. The molecule has 0 saturated heterocycles. The Balaban J connectivity index is 2.23. The molecule has 0 aliphatic heterocycles. The van der Waals surface area contributed by atoms with E-state index in [1.165, 1.54) is 12.1 Å². The second-order valence-corrected chi connectivity index (χ2v) is 4.55. The zero-order chi connectivity index (χ0) is 15.2. The van der Waals surface area contributed by atoms with Gasteiger partial charge in [-0.1, -0.05) is 30.3 Å². The monoisotopic (exact) mass is 282 g/mol. The van der Waals surface area contributed by atoms with Gasteiger partial charge in [0.25, 0.3) is 5.69 Å². The van der Waals surface area contributed by atoms with Crippen LogP contribution in [0.5, 0.6) is 5.75 Å². The normalized spacial score (nSPS) is 11.4. The highest BCUT2D eigenvalue weighted by Crippen LogP contribution is 2.29. The van der Waals surface area contributed by atoms with E-state index in [2.05, 4.69) is 6.07 Å². The second-order valence-electron chi connectivity index (χ2n) is 4.55. The molecule has 0 radical (unpaired) electrons. The van der Waals surface area contributed by atoms with Crippen molar-refractivity contribution in [2.45, 2.75) is 12.3 Å². The number of nitro groups is 1. The van der Waals surface area contributed by atoms with Crippen molar-refractivity contribution < 1.29 is 9.66 Å². The van der Waals surface area contributed by atoms with Crippen LogP contribution in [0.3, 0.4) is 0 Å². The first kappa shape index (κ1) is 14.5. The molecule has 106 valence electrons. The van der Waals surface area contributed by atoms with Crippen LogP contribution in [0.4, 0.5) is 5.69 Å². The third kappa shape index (κ3) is 3.37. The summed E-state index contributed by atoms with van der Waals surface area (Å²) in [5, 5.41) is 20.0. The number of nitro benzene ring substituents is 1. The maximum Gasteiger partial charge on any atom is 0.269 e. The Morgan fingerprint density at radius 3 is 2.48 bits per heavy atom. The van der Waals surface area contributed by atoms with Crippen molar-refractivity contribution in [1.29, 1.82) is 5.26 Å². The van der Waals surface area contributed by atoms with Gasteiger partial charge in [-0.15, -0.1) is 0 Å². The van der Waals surface area contributed by atoms with Gasteiger partial charge in [-0.05, 0) is 18.1 Å². The van der Waals surface area contributed by atoms with Gasteiger partial charge < -0.3 is 4.74 Å². The molecule has 5 heteroatoms. The predicted octanol–water partition coefficient (Wildman–Crippen LogP) is 3.45. The SMILES string of the molecule is COc1ccccc1C(C#N)Cc1ccc([N+](=O)[O-])cc1. The van der Waals surface area contributed by atoms with Crippen molar-refractivity contribution in [2.24, 2.45) is 0 Å². The van der Waals surface area contributed by atoms with E-state index in [9.17, 15) is 15.4 Å². The number of ether oxygens (including phenoxy) is 1. The molecule has 0 fully saturated rings. The molecule has 0 aromatic heterocycles. The Labute approximate surface area is 122 Å². The van der Waals surface area contributed by atoms with E-state index in [1.54, 1.807) is 19.2 Å². The molecule has 0 spiro atoms. The van der Waals surface area contributed by atoms with E-state index in [-0.39, 0.29) is 11.6 Å². The summed E-state index contributed by atoms with van der Waals surface area (Å²) in [5.74, 6) is 0.313. The number of rotatable bonds is 5. The summed E-state index contributed by atoms with van der Waals surface area (Å²) < 4.78 is 5.28. The smallest absolute Gasteiger partial charge is 0.269 e. The Hall–Kier alpha value is -2.87. The molecule has 5 nitrogen and oxygen atoms in total. The number of nitriles is 1. The number of hydrogen-bond acceptors (Lipinski definition) is 4. The molecule has 2 aromatic rings. The minimum Gasteiger partial charge on any atom is -0.496 e. The van der Waals surface area contributed by atoms with Gasteiger partial charge in [0.05, 0.1) is 24.0 Å². The number of methoxy groups -OCH3 is 1. The lowest BCUT2D eigenvalue weighted by Crippen LogP contribution is -2.03. The van der Waals surface area contributed by atoms with Crippen LogP contribution >= 0.6 is 0 Å². The second kappa shape index (κ2) is 6.53. The first-order valence-electron chi connectivity index (χ1n) is 6.41. The number of para-hydroxylation sites is 1. The molecule has 21 heavy (non-hydrogen) atoms. The van der Waals surface area contributed by atoms with E-state index in [1.807, 2.05) is 24.3 Å². The van der Waals surface area contributed by atoms with Crippen LogP contribution in [0.15, 0.2) is 48.5 Å². The summed E-state index contributed by atoms with van der Waals surface area (Å²) in [6.45, 7) is 0. The minimum absolute atomic E-state index is 0.0459. The molecule has 2 rings (SSSR count). The van der Waals surface area contributed by atoms with E-state index < -0.39 is 4.92 Å². The highest BCUT2D eigenvalue weighted by Gasteiger charge is 2.16. The molecule has 1 unspecified atom stereocenters. The van der Waals surface area contributed by atoms with Crippen molar-refractivity contribution in [3.63, 3.8) is 0 Å². The molecule has 0 aliphatic rings. The maximum atomic E-state index is 10.6. The summed E-state index contributed by atoms with van der Waals surface area (Å²) >= 11 is 0. The fourth-order valence-electron chi connectivity index (χ4n) is 2.17. The van der Waals surface area contributed by atoms with Gasteiger partial charge in [0, 0.05) is 17.7 Å². The highest BCUT2D eigenvalue weighted by atomic mass is 16.6. The van der Waals surface area contributed by atoms with E-state index in [4.69, 9.17) is 4.74 Å². The zero-order valence-electron chi connectivity index (χ0n) is 11.5. The molecular formula is C16H14N2O3. The Morgan fingerprint density at radius 2 is 1.90 bits per heavy atom. The van der Waals surface area contributed by atoms with Crippen molar-refractivity contribution in [1.82, 2.24) is 0 Å². The quantitative estimate of drug-likeness (QED) is 0.621. The molecule has 2 aromatic carbocycles. The Kier molecular flexibility index (Phi) is 4.52. The van der Waals surface area contributed by atoms with Gasteiger partial charge in [0.1, 0.15) is 5.75 Å². The van der Waals surface area contributed by atoms with Crippen LogP contribution in [0.2, 0.25) is 0 Å². The summed E-state index contributed by atoms with van der Waals surface area (Å²) in [6.07, 6.45) is 0.481. The average molecular weight is 282 g/mol. The third-order valence-electron chi connectivity index (χ3n) is 3.26. The number of benzene rings is 2. The first-order chi connectivity index (χ1) is 10.2. The van der Waals surface area contributed by atoms with E-state index in [0.717, 1.165) is 11.1 Å². The van der Waals surface area contributed by atoms with Crippen LogP contribution in [-0.2, 0) is 6.42 Å². The Morgan fingerprint density at radius 1 is 1.24 bits per heavy atom. The molecule has 1 atom stereocenters. The molecule has 0 saturated carbocycles. The molecule has 0 aliphatic carbocycles. The highest BCUT2D eigenvalue weighted by molar-refractivity contribution is 5.41. The minimum atomic E-state index is -0.439. The third-order valence-corrected chi connectivity index (χ3v) is 3.26. The lowest BCUT2D eigenvalue weighted by atomic mass is 9.92. The largest absolute Gasteiger partial charge is 0.496 e. The van der Waals surface area contributed by atoms with Crippen molar-refractivity contribution in [3.8, 4) is 11.8 Å². The van der Waals surface area contributed by atoms with E-state index >= 15 is 0 Å². The predicted molar refractivity (Wildman–Crippen MR) is 78.1 cm³/mol. The lowest BCUT2D eigenvalue weighted by molar-refractivity contribution is -0.384. The maximum absolute atomic E-state index is 10.6. The van der Waals surface area contributed by atoms with Crippen LogP contribution in [0.1, 0.15) is 17.0 Å². The van der Waals surface area contributed by atoms with Crippen molar-refractivity contribution in [2.75, 3.05) is 7.11 Å². The van der Waals surface area contributed by atoms with Crippen molar-refractivity contribution in [3.05, 3.63) is 69.8 Å². The van der Waals surface area contributed by atoms with Gasteiger partial charge in [-0.2, -0.15) is 5.26 Å². The van der Waals surface area contributed by atoms with Gasteiger partial charge in [0.2, 0.25) is 0 Å².